The van der Waals surface area contributed by atoms with Gasteiger partial charge in [-0.15, -0.1) is 11.3 Å². The van der Waals surface area contributed by atoms with E-state index >= 15 is 0 Å². The van der Waals surface area contributed by atoms with Crippen LogP contribution in [0.4, 0.5) is 0 Å². The summed E-state index contributed by atoms with van der Waals surface area (Å²) in [4.78, 5) is 17.8. The Morgan fingerprint density at radius 2 is 2.29 bits per heavy atom. The van der Waals surface area contributed by atoms with Crippen LogP contribution >= 0.6 is 11.3 Å². The van der Waals surface area contributed by atoms with Crippen LogP contribution < -0.4 is 5.32 Å². The second-order valence-electron chi connectivity index (χ2n) is 5.35. The van der Waals surface area contributed by atoms with Gasteiger partial charge in [0.1, 0.15) is 12.2 Å². The fraction of sp³-hybridized carbons (Fsp3) is 0.250. The van der Waals surface area contributed by atoms with Crippen molar-refractivity contribution < 1.29 is 4.79 Å². The van der Waals surface area contributed by atoms with Crippen LogP contribution in [0.15, 0.2) is 41.9 Å². The van der Waals surface area contributed by atoms with E-state index in [-0.39, 0.29) is 5.91 Å². The highest BCUT2D eigenvalue weighted by Crippen LogP contribution is 2.30. The fourth-order valence-corrected chi connectivity index (χ4v) is 3.27. The van der Waals surface area contributed by atoms with E-state index in [9.17, 15) is 4.79 Å². The molecule has 0 aliphatic heterocycles. The Hall–Kier alpha value is -2.14. The van der Waals surface area contributed by atoms with Gasteiger partial charge in [0.05, 0.1) is 10.6 Å². The molecule has 1 aliphatic carbocycles. The van der Waals surface area contributed by atoms with Crippen molar-refractivity contribution >= 4 is 28.3 Å². The molecular weight excluding hydrogens is 282 g/mol. The summed E-state index contributed by atoms with van der Waals surface area (Å²) in [6.45, 7) is 0.324. The maximum Gasteiger partial charge on any atom is 0.240 e. The van der Waals surface area contributed by atoms with E-state index in [4.69, 9.17) is 0 Å². The summed E-state index contributed by atoms with van der Waals surface area (Å²) in [5, 5.41) is 6.17. The number of amides is 1. The number of thiophene rings is 1. The Bertz CT molecular complexity index is 787. The van der Waals surface area contributed by atoms with Gasteiger partial charge in [-0.3, -0.25) is 4.79 Å². The lowest BCUT2D eigenvalue weighted by Gasteiger charge is -2.09. The first-order chi connectivity index (χ1) is 10.3. The second-order valence-corrected chi connectivity index (χ2v) is 6.30. The van der Waals surface area contributed by atoms with Crippen LogP contribution in [0.5, 0.6) is 0 Å². The van der Waals surface area contributed by atoms with Crippen molar-refractivity contribution in [3.05, 3.63) is 41.9 Å². The third-order valence-electron chi connectivity index (χ3n) is 3.67. The molecule has 1 aliphatic rings. The fourth-order valence-electron chi connectivity index (χ4n) is 2.52. The topological polar surface area (TPSA) is 46.9 Å². The Morgan fingerprint density at radius 1 is 1.38 bits per heavy atom. The van der Waals surface area contributed by atoms with Crippen LogP contribution in [0.3, 0.4) is 0 Å². The van der Waals surface area contributed by atoms with Gasteiger partial charge < -0.3 is 9.88 Å². The van der Waals surface area contributed by atoms with E-state index in [1.165, 1.54) is 0 Å². The van der Waals surface area contributed by atoms with Crippen molar-refractivity contribution in [1.82, 2.24) is 14.9 Å². The number of rotatable bonds is 4. The largest absolute Gasteiger partial charge is 0.352 e. The van der Waals surface area contributed by atoms with Crippen LogP contribution in [0.25, 0.3) is 21.6 Å². The number of nitrogens with zero attached hydrogens (tertiary/aromatic N) is 2. The van der Waals surface area contributed by atoms with E-state index in [2.05, 4.69) is 27.8 Å². The SMILES string of the molecule is O=C(Cn1c(-c2cccs2)cc2cccnc21)NC1CC1. The lowest BCUT2D eigenvalue weighted by Crippen LogP contribution is -2.29. The third kappa shape index (κ3) is 2.45. The number of fused-ring (bicyclic) bond motifs is 1. The molecule has 0 bridgehead atoms. The van der Waals surface area contributed by atoms with E-state index in [1.54, 1.807) is 17.5 Å². The molecule has 4 nitrogen and oxygen atoms in total. The number of carbonyl (C=O) groups is 1. The number of nitrogens with one attached hydrogen (secondary N) is 1. The smallest absolute Gasteiger partial charge is 0.240 e. The molecule has 4 rings (SSSR count). The number of pyridine rings is 1. The molecule has 0 saturated heterocycles. The van der Waals surface area contributed by atoms with Crippen molar-refractivity contribution in [2.24, 2.45) is 0 Å². The highest BCUT2D eigenvalue weighted by molar-refractivity contribution is 7.13. The molecule has 106 valence electrons. The van der Waals surface area contributed by atoms with Gasteiger partial charge in [-0.05, 0) is 42.5 Å². The molecule has 5 heteroatoms. The monoisotopic (exact) mass is 297 g/mol. The van der Waals surface area contributed by atoms with Gasteiger partial charge in [0.2, 0.25) is 5.91 Å². The van der Waals surface area contributed by atoms with Crippen LogP contribution in [0.2, 0.25) is 0 Å². The molecule has 1 amide bonds. The Labute approximate surface area is 126 Å². The van der Waals surface area contributed by atoms with Gasteiger partial charge in [-0.25, -0.2) is 4.98 Å². The molecule has 3 heterocycles. The zero-order valence-electron chi connectivity index (χ0n) is 11.5. The average Bonchev–Trinajstić information content (AvgIpc) is 3.02. The summed E-state index contributed by atoms with van der Waals surface area (Å²) in [5.41, 5.74) is 1.93. The van der Waals surface area contributed by atoms with Crippen molar-refractivity contribution in [3.63, 3.8) is 0 Å². The summed E-state index contributed by atoms with van der Waals surface area (Å²) in [6, 6.07) is 10.6. The highest BCUT2D eigenvalue weighted by atomic mass is 32.1. The average molecular weight is 297 g/mol. The predicted molar refractivity (Wildman–Crippen MR) is 84.2 cm³/mol. The second kappa shape index (κ2) is 5.00. The van der Waals surface area contributed by atoms with Crippen molar-refractivity contribution in [2.75, 3.05) is 0 Å². The van der Waals surface area contributed by atoms with Gasteiger partial charge in [0, 0.05) is 17.6 Å². The first-order valence-electron chi connectivity index (χ1n) is 7.09. The minimum Gasteiger partial charge on any atom is -0.352 e. The van der Waals surface area contributed by atoms with E-state index in [0.717, 1.165) is 34.4 Å². The Morgan fingerprint density at radius 3 is 3.05 bits per heavy atom. The summed E-state index contributed by atoms with van der Waals surface area (Å²) in [6.07, 6.45) is 3.98. The van der Waals surface area contributed by atoms with Gasteiger partial charge in [0.25, 0.3) is 0 Å². The van der Waals surface area contributed by atoms with Crippen LogP contribution in [-0.2, 0) is 11.3 Å². The molecule has 21 heavy (non-hydrogen) atoms. The van der Waals surface area contributed by atoms with E-state index in [1.807, 2.05) is 22.8 Å². The molecule has 0 aromatic carbocycles. The van der Waals surface area contributed by atoms with E-state index in [0.29, 0.717) is 12.6 Å². The number of hydrogen-bond donors (Lipinski definition) is 1. The molecule has 1 saturated carbocycles. The molecule has 0 unspecified atom stereocenters. The standard InChI is InChI=1S/C16H15N3OS/c20-15(18-12-5-6-12)10-19-13(14-4-2-8-21-14)9-11-3-1-7-17-16(11)19/h1-4,7-9,12H,5-6,10H2,(H,18,20). The maximum absolute atomic E-state index is 12.2. The number of carbonyl (C=O) groups excluding carboxylic acids is 1. The van der Waals surface area contributed by atoms with Gasteiger partial charge in [-0.2, -0.15) is 0 Å². The molecule has 0 radical (unpaired) electrons. The summed E-state index contributed by atoms with van der Waals surface area (Å²) in [7, 11) is 0. The molecule has 0 atom stereocenters. The summed E-state index contributed by atoms with van der Waals surface area (Å²) >= 11 is 1.68. The zero-order chi connectivity index (χ0) is 14.2. The third-order valence-corrected chi connectivity index (χ3v) is 4.57. The Kier molecular flexibility index (Phi) is 3.00. The van der Waals surface area contributed by atoms with Crippen molar-refractivity contribution in [2.45, 2.75) is 25.4 Å². The summed E-state index contributed by atoms with van der Waals surface area (Å²) in [5.74, 6) is 0.0680. The van der Waals surface area contributed by atoms with Crippen molar-refractivity contribution in [1.29, 1.82) is 0 Å². The Balaban J connectivity index is 1.76. The van der Waals surface area contributed by atoms with Crippen molar-refractivity contribution in [3.8, 4) is 10.6 Å². The normalized spacial score (nSPS) is 14.5. The first kappa shape index (κ1) is 12.6. The summed E-state index contributed by atoms with van der Waals surface area (Å²) < 4.78 is 2.01. The molecule has 3 aromatic rings. The van der Waals surface area contributed by atoms with Crippen LogP contribution in [0, 0.1) is 0 Å². The maximum atomic E-state index is 12.2. The quantitative estimate of drug-likeness (QED) is 0.804. The lowest BCUT2D eigenvalue weighted by molar-refractivity contribution is -0.121. The highest BCUT2D eigenvalue weighted by Gasteiger charge is 2.24. The molecule has 1 N–H and O–H groups in total. The minimum atomic E-state index is 0.0680. The van der Waals surface area contributed by atoms with Gasteiger partial charge in [0.15, 0.2) is 0 Å². The zero-order valence-corrected chi connectivity index (χ0v) is 12.3. The van der Waals surface area contributed by atoms with Gasteiger partial charge in [-0.1, -0.05) is 6.07 Å². The predicted octanol–water partition coefficient (Wildman–Crippen LogP) is 3.04. The van der Waals surface area contributed by atoms with Crippen LogP contribution in [-0.4, -0.2) is 21.5 Å². The molecular formula is C16H15N3OS. The molecule has 1 fully saturated rings. The molecule has 3 aromatic heterocycles. The number of aromatic nitrogens is 2. The number of hydrogen-bond acceptors (Lipinski definition) is 3. The molecule has 0 spiro atoms. The lowest BCUT2D eigenvalue weighted by atomic mass is 10.3. The van der Waals surface area contributed by atoms with Gasteiger partial charge >= 0.3 is 0 Å². The minimum absolute atomic E-state index is 0.0680. The first-order valence-corrected chi connectivity index (χ1v) is 7.97. The van der Waals surface area contributed by atoms with Crippen LogP contribution in [0.1, 0.15) is 12.8 Å². The van der Waals surface area contributed by atoms with E-state index < -0.39 is 0 Å².